The van der Waals surface area contributed by atoms with Crippen LogP contribution >= 0.6 is 0 Å². The summed E-state index contributed by atoms with van der Waals surface area (Å²) in [4.78, 5) is 45.9. The largest absolute Gasteiger partial charge is 0.439 e. The molecule has 8 heteroatoms. The number of nitrogens with zero attached hydrogens (tertiary/aromatic N) is 3. The second-order valence-corrected chi connectivity index (χ2v) is 6.26. The molecule has 8 nitrogen and oxygen atoms in total. The van der Waals surface area contributed by atoms with E-state index in [1.54, 1.807) is 30.6 Å². The second-order valence-electron chi connectivity index (χ2n) is 6.26. The van der Waals surface area contributed by atoms with Crippen LogP contribution in [-0.2, 0) is 9.53 Å². The Labute approximate surface area is 160 Å². The predicted octanol–water partition coefficient (Wildman–Crippen LogP) is 2.08. The Morgan fingerprint density at radius 1 is 1.07 bits per heavy atom. The molecule has 1 unspecified atom stereocenters. The molecule has 1 saturated heterocycles. The second kappa shape index (κ2) is 7.43. The Balaban J connectivity index is 1.59. The van der Waals surface area contributed by atoms with Crippen molar-refractivity contribution >= 4 is 28.9 Å². The Morgan fingerprint density at radius 2 is 1.82 bits per heavy atom. The highest BCUT2D eigenvalue weighted by Gasteiger charge is 2.33. The van der Waals surface area contributed by atoms with E-state index in [1.807, 2.05) is 30.3 Å². The van der Waals surface area contributed by atoms with Gasteiger partial charge in [-0.1, -0.05) is 30.3 Å². The average Bonchev–Trinajstić information content (AvgIpc) is 3.05. The Hall–Kier alpha value is -3.81. The summed E-state index contributed by atoms with van der Waals surface area (Å²) in [5, 5.41) is 2.89. The third-order valence-corrected chi connectivity index (χ3v) is 4.44. The van der Waals surface area contributed by atoms with Crippen LogP contribution in [0.1, 0.15) is 22.0 Å². The molecule has 28 heavy (non-hydrogen) atoms. The van der Waals surface area contributed by atoms with Crippen LogP contribution in [0.3, 0.4) is 0 Å². The van der Waals surface area contributed by atoms with Gasteiger partial charge in [0.15, 0.2) is 6.61 Å². The highest BCUT2D eigenvalue weighted by atomic mass is 16.6. The van der Waals surface area contributed by atoms with E-state index in [-0.39, 0.29) is 19.1 Å². The molecule has 0 saturated carbocycles. The fourth-order valence-electron chi connectivity index (χ4n) is 3.01. The van der Waals surface area contributed by atoms with Crippen LogP contribution in [0.4, 0.5) is 4.79 Å². The van der Waals surface area contributed by atoms with Crippen LogP contribution in [0, 0.1) is 0 Å². The van der Waals surface area contributed by atoms with E-state index in [2.05, 4.69) is 15.3 Å². The molecule has 3 amide bonds. The molecule has 1 aromatic heterocycles. The molecule has 2 heterocycles. The SMILES string of the molecule is O=C(NC(CN1C(=O)COC1=O)c1ccccc1)c1ccc2nccnc2c1. The minimum atomic E-state index is -0.707. The summed E-state index contributed by atoms with van der Waals surface area (Å²) in [6.07, 6.45) is 2.43. The van der Waals surface area contributed by atoms with Gasteiger partial charge >= 0.3 is 6.09 Å². The predicted molar refractivity (Wildman–Crippen MR) is 99.2 cm³/mol. The molecule has 1 N–H and O–H groups in total. The summed E-state index contributed by atoms with van der Waals surface area (Å²) in [5.41, 5.74) is 2.46. The lowest BCUT2D eigenvalue weighted by atomic mass is 10.1. The van der Waals surface area contributed by atoms with Crippen LogP contribution in [-0.4, -0.2) is 45.9 Å². The van der Waals surface area contributed by atoms with Crippen molar-refractivity contribution in [2.75, 3.05) is 13.2 Å². The quantitative estimate of drug-likeness (QED) is 0.732. The number of ether oxygens (including phenoxy) is 1. The lowest BCUT2D eigenvalue weighted by Crippen LogP contribution is -2.40. The molecule has 1 aliphatic heterocycles. The molecule has 0 aliphatic carbocycles. The molecule has 140 valence electrons. The molecule has 1 atom stereocenters. The van der Waals surface area contributed by atoms with Crippen LogP contribution in [0.15, 0.2) is 60.9 Å². The number of benzene rings is 2. The van der Waals surface area contributed by atoms with Crippen LogP contribution in [0.25, 0.3) is 11.0 Å². The third kappa shape index (κ3) is 3.52. The van der Waals surface area contributed by atoms with Gasteiger partial charge in [-0.25, -0.2) is 9.69 Å². The van der Waals surface area contributed by atoms with Gasteiger partial charge < -0.3 is 10.1 Å². The standard InChI is InChI=1S/C20H16N4O4/c25-18-12-28-20(27)24(18)11-17(13-4-2-1-3-5-13)23-19(26)14-6-7-15-16(10-14)22-9-8-21-15/h1-10,17H,11-12H2,(H,23,26). The topological polar surface area (TPSA) is 101 Å². The number of imide groups is 1. The summed E-state index contributed by atoms with van der Waals surface area (Å²) < 4.78 is 4.76. The first-order valence-electron chi connectivity index (χ1n) is 8.65. The van der Waals surface area contributed by atoms with E-state index in [0.717, 1.165) is 10.5 Å². The van der Waals surface area contributed by atoms with Crippen LogP contribution in [0.5, 0.6) is 0 Å². The first kappa shape index (κ1) is 17.6. The molecule has 2 aromatic carbocycles. The highest BCUT2D eigenvalue weighted by molar-refractivity contribution is 5.99. The summed E-state index contributed by atoms with van der Waals surface area (Å²) in [7, 11) is 0. The third-order valence-electron chi connectivity index (χ3n) is 4.44. The monoisotopic (exact) mass is 376 g/mol. The van der Waals surface area contributed by atoms with Gasteiger partial charge in [0.25, 0.3) is 11.8 Å². The number of rotatable bonds is 5. The number of cyclic esters (lactones) is 1. The molecular formula is C20H16N4O4. The fraction of sp³-hybridized carbons (Fsp3) is 0.150. The van der Waals surface area contributed by atoms with Crippen molar-refractivity contribution in [3.05, 3.63) is 72.1 Å². The molecule has 0 radical (unpaired) electrons. The van der Waals surface area contributed by atoms with Gasteiger partial charge in [-0.3, -0.25) is 19.6 Å². The number of hydrogen-bond acceptors (Lipinski definition) is 6. The summed E-state index contributed by atoms with van der Waals surface area (Å²) >= 11 is 0. The van der Waals surface area contributed by atoms with Crippen molar-refractivity contribution in [2.45, 2.75) is 6.04 Å². The Bertz CT molecular complexity index is 1040. The van der Waals surface area contributed by atoms with Crippen LogP contribution in [0.2, 0.25) is 0 Å². The number of fused-ring (bicyclic) bond motifs is 1. The van der Waals surface area contributed by atoms with Gasteiger partial charge in [0, 0.05) is 18.0 Å². The smallest absolute Gasteiger partial charge is 0.417 e. The lowest BCUT2D eigenvalue weighted by molar-refractivity contribution is -0.126. The van der Waals surface area contributed by atoms with E-state index in [0.29, 0.717) is 16.6 Å². The maximum Gasteiger partial charge on any atom is 0.417 e. The van der Waals surface area contributed by atoms with E-state index < -0.39 is 18.0 Å². The lowest BCUT2D eigenvalue weighted by Gasteiger charge is -2.23. The minimum Gasteiger partial charge on any atom is -0.439 e. The first-order chi connectivity index (χ1) is 13.6. The van der Waals surface area contributed by atoms with Crippen molar-refractivity contribution in [1.29, 1.82) is 0 Å². The molecular weight excluding hydrogens is 360 g/mol. The number of nitrogens with one attached hydrogen (secondary N) is 1. The van der Waals surface area contributed by atoms with Crippen molar-refractivity contribution < 1.29 is 19.1 Å². The first-order valence-corrected chi connectivity index (χ1v) is 8.65. The molecule has 4 rings (SSSR count). The molecule has 0 spiro atoms. The Morgan fingerprint density at radius 3 is 2.54 bits per heavy atom. The van der Waals surface area contributed by atoms with E-state index in [4.69, 9.17) is 4.74 Å². The molecule has 0 bridgehead atoms. The maximum absolute atomic E-state index is 12.8. The van der Waals surface area contributed by atoms with Crippen LogP contribution < -0.4 is 5.32 Å². The highest BCUT2D eigenvalue weighted by Crippen LogP contribution is 2.19. The molecule has 1 aliphatic rings. The van der Waals surface area contributed by atoms with Gasteiger partial charge in [-0.05, 0) is 23.8 Å². The summed E-state index contributed by atoms with van der Waals surface area (Å²) in [6, 6.07) is 13.6. The van der Waals surface area contributed by atoms with E-state index in [1.165, 1.54) is 0 Å². The normalized spacial score (nSPS) is 14.8. The maximum atomic E-state index is 12.8. The number of carbonyl (C=O) groups excluding carboxylic acids is 3. The fourth-order valence-corrected chi connectivity index (χ4v) is 3.01. The van der Waals surface area contributed by atoms with Crippen molar-refractivity contribution in [3.63, 3.8) is 0 Å². The average molecular weight is 376 g/mol. The van der Waals surface area contributed by atoms with Gasteiger partial charge in [-0.15, -0.1) is 0 Å². The summed E-state index contributed by atoms with van der Waals surface area (Å²) in [6.45, 7) is -0.293. The van der Waals surface area contributed by atoms with Crippen molar-refractivity contribution in [2.24, 2.45) is 0 Å². The molecule has 1 fully saturated rings. The number of hydrogen-bond donors (Lipinski definition) is 1. The molecule has 3 aromatic rings. The number of aromatic nitrogens is 2. The van der Waals surface area contributed by atoms with Gasteiger partial charge in [0.05, 0.1) is 23.6 Å². The minimum absolute atomic E-state index is 0.0131. The number of amides is 3. The van der Waals surface area contributed by atoms with Crippen molar-refractivity contribution in [3.8, 4) is 0 Å². The zero-order valence-corrected chi connectivity index (χ0v) is 14.7. The van der Waals surface area contributed by atoms with Gasteiger partial charge in [0.1, 0.15) is 0 Å². The van der Waals surface area contributed by atoms with E-state index in [9.17, 15) is 14.4 Å². The Kier molecular flexibility index (Phi) is 4.67. The number of carbonyl (C=O) groups is 3. The zero-order chi connectivity index (χ0) is 19.5. The van der Waals surface area contributed by atoms with Gasteiger partial charge in [-0.2, -0.15) is 0 Å². The zero-order valence-electron chi connectivity index (χ0n) is 14.7. The van der Waals surface area contributed by atoms with Crippen molar-refractivity contribution in [1.82, 2.24) is 20.2 Å². The summed E-state index contributed by atoms with van der Waals surface area (Å²) in [5.74, 6) is -0.775. The van der Waals surface area contributed by atoms with Gasteiger partial charge in [0.2, 0.25) is 0 Å². The van der Waals surface area contributed by atoms with E-state index >= 15 is 0 Å².